The Labute approximate surface area is 174 Å². The number of amides is 1. The van der Waals surface area contributed by atoms with E-state index in [0.717, 1.165) is 4.88 Å². The maximum absolute atomic E-state index is 12.9. The van der Waals surface area contributed by atoms with Crippen LogP contribution < -0.4 is 0 Å². The van der Waals surface area contributed by atoms with E-state index in [4.69, 9.17) is 16.3 Å². The van der Waals surface area contributed by atoms with E-state index in [1.165, 1.54) is 27.8 Å². The first-order chi connectivity index (χ1) is 13.2. The van der Waals surface area contributed by atoms with E-state index < -0.39 is 10.0 Å². The van der Waals surface area contributed by atoms with Gasteiger partial charge < -0.3 is 9.64 Å². The first-order valence-electron chi connectivity index (χ1n) is 8.92. The molecule has 2 heterocycles. The van der Waals surface area contributed by atoms with Gasteiger partial charge in [-0.05, 0) is 50.2 Å². The Morgan fingerprint density at radius 1 is 1.18 bits per heavy atom. The molecule has 0 aliphatic carbocycles. The number of morpholine rings is 1. The van der Waals surface area contributed by atoms with Crippen LogP contribution in [0.1, 0.15) is 29.1 Å². The fraction of sp³-hybridized carbons (Fsp3) is 0.421. The van der Waals surface area contributed by atoms with Crippen LogP contribution in [0.2, 0.25) is 4.34 Å². The van der Waals surface area contributed by atoms with E-state index in [0.29, 0.717) is 29.5 Å². The van der Waals surface area contributed by atoms with Crippen LogP contribution in [-0.4, -0.2) is 55.9 Å². The van der Waals surface area contributed by atoms with Gasteiger partial charge in [0, 0.05) is 30.6 Å². The molecular formula is C19H23ClN2O4S2. The van der Waals surface area contributed by atoms with Crippen LogP contribution in [0.15, 0.2) is 41.3 Å². The number of hydrogen-bond acceptors (Lipinski definition) is 5. The van der Waals surface area contributed by atoms with Crippen molar-refractivity contribution in [3.05, 3.63) is 51.2 Å². The van der Waals surface area contributed by atoms with Gasteiger partial charge in [-0.1, -0.05) is 11.6 Å². The van der Waals surface area contributed by atoms with Gasteiger partial charge in [0.1, 0.15) is 0 Å². The second kappa shape index (κ2) is 8.51. The summed E-state index contributed by atoms with van der Waals surface area (Å²) < 4.78 is 33.5. The predicted octanol–water partition coefficient (Wildman–Crippen LogP) is 3.47. The molecule has 0 saturated carbocycles. The summed E-state index contributed by atoms with van der Waals surface area (Å²) in [5.74, 6) is -0.179. The zero-order valence-electron chi connectivity index (χ0n) is 16.0. The van der Waals surface area contributed by atoms with Gasteiger partial charge in [0.05, 0.1) is 28.0 Å². The van der Waals surface area contributed by atoms with Crippen molar-refractivity contribution < 1.29 is 17.9 Å². The molecule has 1 aliphatic heterocycles. The molecule has 1 aromatic carbocycles. The number of ether oxygens (including phenoxy) is 1. The van der Waals surface area contributed by atoms with Crippen molar-refractivity contribution in [2.45, 2.75) is 37.5 Å². The van der Waals surface area contributed by atoms with Crippen molar-refractivity contribution in [3.8, 4) is 0 Å². The van der Waals surface area contributed by atoms with Gasteiger partial charge in [-0.15, -0.1) is 11.3 Å². The normalized spacial score (nSPS) is 20.9. The van der Waals surface area contributed by atoms with E-state index in [1.807, 2.05) is 19.9 Å². The zero-order chi connectivity index (χ0) is 20.5. The van der Waals surface area contributed by atoms with Crippen LogP contribution in [0.4, 0.5) is 0 Å². The van der Waals surface area contributed by atoms with Gasteiger partial charge in [-0.25, -0.2) is 8.42 Å². The van der Waals surface area contributed by atoms with E-state index in [9.17, 15) is 13.2 Å². The van der Waals surface area contributed by atoms with Crippen LogP contribution in [0, 0.1) is 0 Å². The third-order valence-electron chi connectivity index (χ3n) is 4.49. The lowest BCUT2D eigenvalue weighted by Crippen LogP contribution is -2.48. The molecule has 0 spiro atoms. The highest BCUT2D eigenvalue weighted by Crippen LogP contribution is 2.24. The molecule has 2 aromatic rings. The van der Waals surface area contributed by atoms with Crippen molar-refractivity contribution in [3.63, 3.8) is 0 Å². The van der Waals surface area contributed by atoms with Crippen molar-refractivity contribution in [2.24, 2.45) is 0 Å². The van der Waals surface area contributed by atoms with Crippen molar-refractivity contribution in [1.29, 1.82) is 0 Å². The number of carbonyl (C=O) groups excluding carboxylic acids is 1. The number of nitrogens with zero attached hydrogens (tertiary/aromatic N) is 2. The summed E-state index contributed by atoms with van der Waals surface area (Å²) in [6, 6.07) is 9.77. The summed E-state index contributed by atoms with van der Waals surface area (Å²) in [6.45, 7) is 4.80. The van der Waals surface area contributed by atoms with Crippen molar-refractivity contribution in [2.75, 3.05) is 20.1 Å². The summed E-state index contributed by atoms with van der Waals surface area (Å²) in [6.07, 6.45) is -0.308. The molecule has 0 N–H and O–H groups in total. The molecule has 28 heavy (non-hydrogen) atoms. The SMILES string of the molecule is C[C@@H]1CN(S(=O)(=O)c2ccc(C(=O)N(C)Cc3ccc(Cl)s3)cc2)C[C@@H](C)O1. The second-order valence-electron chi connectivity index (χ2n) is 6.97. The average molecular weight is 443 g/mol. The lowest BCUT2D eigenvalue weighted by Gasteiger charge is -2.34. The minimum atomic E-state index is -3.62. The van der Waals surface area contributed by atoms with Gasteiger partial charge in [0.25, 0.3) is 5.91 Å². The molecule has 1 aliphatic rings. The number of halogens is 1. The quantitative estimate of drug-likeness (QED) is 0.711. The first-order valence-corrected chi connectivity index (χ1v) is 11.6. The minimum Gasteiger partial charge on any atom is -0.373 e. The van der Waals surface area contributed by atoms with Gasteiger partial charge in [-0.3, -0.25) is 4.79 Å². The Hall–Kier alpha value is -1.45. The molecule has 6 nitrogen and oxygen atoms in total. The standard InChI is InChI=1S/C19H23ClN2O4S2/c1-13-10-22(11-14(2)26-13)28(24,25)17-7-4-15(5-8-17)19(23)21(3)12-16-6-9-18(20)27-16/h4-9,13-14H,10-12H2,1-3H3/t13-,14-/m1/s1. The molecule has 0 bridgehead atoms. The lowest BCUT2D eigenvalue weighted by atomic mass is 10.2. The second-order valence-corrected chi connectivity index (χ2v) is 10.7. The summed E-state index contributed by atoms with van der Waals surface area (Å²) >= 11 is 7.36. The van der Waals surface area contributed by atoms with Crippen LogP contribution >= 0.6 is 22.9 Å². The number of sulfonamides is 1. The predicted molar refractivity (Wildman–Crippen MR) is 110 cm³/mol. The fourth-order valence-corrected chi connectivity index (χ4v) is 5.94. The van der Waals surface area contributed by atoms with Crippen LogP contribution in [0.25, 0.3) is 0 Å². The van der Waals surface area contributed by atoms with Crippen LogP contribution in [0.5, 0.6) is 0 Å². The molecule has 9 heteroatoms. The number of carbonyl (C=O) groups is 1. The van der Waals surface area contributed by atoms with Gasteiger partial charge in [0.2, 0.25) is 10.0 Å². The highest BCUT2D eigenvalue weighted by molar-refractivity contribution is 7.89. The third-order valence-corrected chi connectivity index (χ3v) is 7.56. The summed E-state index contributed by atoms with van der Waals surface area (Å²) in [5, 5.41) is 0. The maximum atomic E-state index is 12.9. The monoisotopic (exact) mass is 442 g/mol. The largest absolute Gasteiger partial charge is 0.373 e. The fourth-order valence-electron chi connectivity index (χ4n) is 3.21. The Kier molecular flexibility index (Phi) is 6.46. The minimum absolute atomic E-state index is 0.154. The van der Waals surface area contributed by atoms with Crippen LogP contribution in [-0.2, 0) is 21.3 Å². The Morgan fingerprint density at radius 2 is 1.79 bits per heavy atom. The lowest BCUT2D eigenvalue weighted by molar-refractivity contribution is -0.0440. The summed E-state index contributed by atoms with van der Waals surface area (Å²) in [5.41, 5.74) is 0.438. The third kappa shape index (κ3) is 4.75. The van der Waals surface area contributed by atoms with E-state index >= 15 is 0 Å². The molecule has 2 atom stereocenters. The van der Waals surface area contributed by atoms with E-state index in [1.54, 1.807) is 30.1 Å². The molecule has 0 radical (unpaired) electrons. The van der Waals surface area contributed by atoms with E-state index in [-0.39, 0.29) is 23.0 Å². The highest BCUT2D eigenvalue weighted by Gasteiger charge is 2.32. The number of benzene rings is 1. The molecule has 1 fully saturated rings. The maximum Gasteiger partial charge on any atom is 0.253 e. The molecule has 0 unspecified atom stereocenters. The highest BCUT2D eigenvalue weighted by atomic mass is 35.5. The van der Waals surface area contributed by atoms with Gasteiger partial charge in [-0.2, -0.15) is 4.31 Å². The Balaban J connectivity index is 1.72. The average Bonchev–Trinajstić information content (AvgIpc) is 3.05. The first kappa shape index (κ1) is 21.3. The molecule has 3 rings (SSSR count). The van der Waals surface area contributed by atoms with Gasteiger partial charge in [0.15, 0.2) is 0 Å². The zero-order valence-corrected chi connectivity index (χ0v) is 18.4. The van der Waals surface area contributed by atoms with Gasteiger partial charge >= 0.3 is 0 Å². The molecule has 1 saturated heterocycles. The summed E-state index contributed by atoms with van der Waals surface area (Å²) in [4.78, 5) is 15.4. The Bertz CT molecular complexity index is 933. The Morgan fingerprint density at radius 3 is 2.32 bits per heavy atom. The number of rotatable bonds is 5. The molecule has 1 aromatic heterocycles. The number of thiophene rings is 1. The van der Waals surface area contributed by atoms with Crippen LogP contribution in [0.3, 0.4) is 0 Å². The smallest absolute Gasteiger partial charge is 0.253 e. The van der Waals surface area contributed by atoms with Crippen molar-refractivity contribution in [1.82, 2.24) is 9.21 Å². The van der Waals surface area contributed by atoms with E-state index in [2.05, 4.69) is 0 Å². The van der Waals surface area contributed by atoms with Crippen molar-refractivity contribution >= 4 is 38.9 Å². The topological polar surface area (TPSA) is 66.9 Å². The molecular weight excluding hydrogens is 420 g/mol. The summed E-state index contributed by atoms with van der Waals surface area (Å²) in [7, 11) is -1.92. The molecule has 1 amide bonds. The molecule has 152 valence electrons. The number of hydrogen-bond donors (Lipinski definition) is 0.